The summed E-state index contributed by atoms with van der Waals surface area (Å²) in [5.41, 5.74) is 6.41. The van der Waals surface area contributed by atoms with Gasteiger partial charge in [-0.2, -0.15) is 0 Å². The smallest absolute Gasteiger partial charge is 0.273 e. The number of halogens is 1. The Labute approximate surface area is 110 Å². The van der Waals surface area contributed by atoms with Crippen LogP contribution in [-0.4, -0.2) is 11.7 Å². The van der Waals surface area contributed by atoms with Gasteiger partial charge in [0.2, 0.25) is 0 Å². The molecular formula is C13H13ClN2O2. The van der Waals surface area contributed by atoms with Crippen molar-refractivity contribution in [1.82, 2.24) is 4.57 Å². The second-order valence-corrected chi connectivity index (χ2v) is 4.29. The first kappa shape index (κ1) is 12.5. The minimum absolute atomic E-state index is 0.221. The number of benzene rings is 1. The quantitative estimate of drug-likeness (QED) is 0.924. The summed E-state index contributed by atoms with van der Waals surface area (Å²) in [5.74, 6) is 0.689. The summed E-state index contributed by atoms with van der Waals surface area (Å²) in [6.45, 7) is 0.369. The molecule has 2 N–H and O–H groups in total. The number of nitrogens with zero attached hydrogens (tertiary/aromatic N) is 1. The van der Waals surface area contributed by atoms with E-state index < -0.39 is 0 Å². The molecule has 2 rings (SSSR count). The number of anilines is 1. The summed E-state index contributed by atoms with van der Waals surface area (Å²) >= 11 is 5.94. The van der Waals surface area contributed by atoms with E-state index in [1.165, 1.54) is 4.57 Å². The summed E-state index contributed by atoms with van der Waals surface area (Å²) in [7, 11) is 1.58. The molecule has 1 aromatic carbocycles. The Morgan fingerprint density at radius 1 is 1.39 bits per heavy atom. The van der Waals surface area contributed by atoms with Gasteiger partial charge in [-0.05, 0) is 30.3 Å². The Balaban J connectivity index is 2.42. The highest BCUT2D eigenvalue weighted by molar-refractivity contribution is 6.30. The normalized spacial score (nSPS) is 10.3. The largest absolute Gasteiger partial charge is 0.496 e. The van der Waals surface area contributed by atoms with Crippen molar-refractivity contribution in [2.75, 3.05) is 12.8 Å². The fraction of sp³-hybridized carbons (Fsp3) is 0.154. The van der Waals surface area contributed by atoms with Crippen LogP contribution in [0.1, 0.15) is 5.56 Å². The van der Waals surface area contributed by atoms with Gasteiger partial charge >= 0.3 is 0 Å². The fourth-order valence-corrected chi connectivity index (χ4v) is 1.93. The highest BCUT2D eigenvalue weighted by Crippen LogP contribution is 2.23. The molecule has 5 heteroatoms. The number of pyridine rings is 1. The Kier molecular flexibility index (Phi) is 3.58. The summed E-state index contributed by atoms with van der Waals surface area (Å²) < 4.78 is 6.75. The number of methoxy groups -OCH3 is 1. The average Bonchev–Trinajstić information content (AvgIpc) is 2.35. The van der Waals surface area contributed by atoms with E-state index >= 15 is 0 Å². The van der Waals surface area contributed by atoms with Gasteiger partial charge in [-0.25, -0.2) is 0 Å². The lowest BCUT2D eigenvalue weighted by Crippen LogP contribution is -2.22. The predicted octanol–water partition coefficient (Wildman–Crippen LogP) is 2.14. The fourth-order valence-electron chi connectivity index (χ4n) is 1.73. The van der Waals surface area contributed by atoms with Crippen LogP contribution in [0.4, 0.5) is 5.69 Å². The van der Waals surface area contributed by atoms with Crippen LogP contribution in [0.15, 0.2) is 41.3 Å². The maximum Gasteiger partial charge on any atom is 0.273 e. The molecule has 0 aliphatic rings. The zero-order valence-corrected chi connectivity index (χ0v) is 10.6. The van der Waals surface area contributed by atoms with E-state index in [-0.39, 0.29) is 11.2 Å². The van der Waals surface area contributed by atoms with Crippen molar-refractivity contribution < 1.29 is 4.74 Å². The van der Waals surface area contributed by atoms with Crippen LogP contribution < -0.4 is 16.0 Å². The van der Waals surface area contributed by atoms with Crippen molar-refractivity contribution in [2.24, 2.45) is 0 Å². The van der Waals surface area contributed by atoms with Gasteiger partial charge < -0.3 is 15.0 Å². The lowest BCUT2D eigenvalue weighted by Gasteiger charge is -2.11. The molecule has 0 saturated heterocycles. The van der Waals surface area contributed by atoms with Crippen molar-refractivity contribution >= 4 is 17.3 Å². The molecule has 0 saturated carbocycles. The molecule has 1 heterocycles. The third-order valence-corrected chi connectivity index (χ3v) is 2.87. The molecule has 0 amide bonds. The standard InChI is InChI=1S/C13H13ClN2O2/c1-18-12-5-4-10(14)7-9(12)8-16-6-2-3-11(15)13(16)17/h2-7H,8,15H2,1H3. The SMILES string of the molecule is COc1ccc(Cl)cc1Cn1cccc(N)c1=O. The van der Waals surface area contributed by atoms with E-state index in [0.29, 0.717) is 17.3 Å². The summed E-state index contributed by atoms with van der Waals surface area (Å²) in [5, 5.41) is 0.600. The monoisotopic (exact) mass is 264 g/mol. The van der Waals surface area contributed by atoms with Gasteiger partial charge in [-0.15, -0.1) is 0 Å². The molecule has 0 aliphatic carbocycles. The molecule has 0 aliphatic heterocycles. The van der Waals surface area contributed by atoms with Gasteiger partial charge in [0.1, 0.15) is 5.75 Å². The van der Waals surface area contributed by atoms with E-state index in [4.69, 9.17) is 22.1 Å². The highest BCUT2D eigenvalue weighted by Gasteiger charge is 2.06. The molecule has 4 nitrogen and oxygen atoms in total. The number of nitrogens with two attached hydrogens (primary N) is 1. The predicted molar refractivity (Wildman–Crippen MR) is 72.2 cm³/mol. The van der Waals surface area contributed by atoms with Crippen molar-refractivity contribution in [2.45, 2.75) is 6.54 Å². The summed E-state index contributed by atoms with van der Waals surface area (Å²) in [6, 6.07) is 8.60. The van der Waals surface area contributed by atoms with Crippen molar-refractivity contribution in [1.29, 1.82) is 0 Å². The molecule has 0 fully saturated rings. The van der Waals surface area contributed by atoms with E-state index in [0.717, 1.165) is 5.56 Å². The molecule has 0 radical (unpaired) electrons. The zero-order chi connectivity index (χ0) is 13.1. The maximum absolute atomic E-state index is 11.8. The van der Waals surface area contributed by atoms with E-state index in [1.807, 2.05) is 0 Å². The number of hydrogen-bond acceptors (Lipinski definition) is 3. The van der Waals surface area contributed by atoms with E-state index in [1.54, 1.807) is 43.6 Å². The third-order valence-electron chi connectivity index (χ3n) is 2.63. The molecule has 18 heavy (non-hydrogen) atoms. The molecule has 0 spiro atoms. The van der Waals surface area contributed by atoms with Crippen molar-refractivity contribution in [3.8, 4) is 5.75 Å². The molecular weight excluding hydrogens is 252 g/mol. The average molecular weight is 265 g/mol. The zero-order valence-electron chi connectivity index (χ0n) is 9.89. The topological polar surface area (TPSA) is 57.2 Å². The minimum Gasteiger partial charge on any atom is -0.496 e. The van der Waals surface area contributed by atoms with Crippen LogP contribution in [-0.2, 0) is 6.54 Å². The number of nitrogen functional groups attached to an aromatic ring is 1. The van der Waals surface area contributed by atoms with E-state index in [2.05, 4.69) is 0 Å². The van der Waals surface area contributed by atoms with Gasteiger partial charge in [0.15, 0.2) is 0 Å². The van der Waals surface area contributed by atoms with Gasteiger partial charge in [0, 0.05) is 16.8 Å². The Morgan fingerprint density at radius 3 is 2.89 bits per heavy atom. The van der Waals surface area contributed by atoms with Crippen LogP contribution in [0, 0.1) is 0 Å². The molecule has 2 aromatic rings. The summed E-state index contributed by atoms with van der Waals surface area (Å²) in [4.78, 5) is 11.8. The molecule has 0 bridgehead atoms. The second-order valence-electron chi connectivity index (χ2n) is 3.85. The van der Waals surface area contributed by atoms with Crippen LogP contribution in [0.3, 0.4) is 0 Å². The lowest BCUT2D eigenvalue weighted by atomic mass is 10.2. The van der Waals surface area contributed by atoms with Gasteiger partial charge in [0.25, 0.3) is 5.56 Å². The molecule has 1 aromatic heterocycles. The number of ether oxygens (including phenoxy) is 1. The van der Waals surface area contributed by atoms with Crippen LogP contribution in [0.2, 0.25) is 5.02 Å². The van der Waals surface area contributed by atoms with E-state index in [9.17, 15) is 4.79 Å². The van der Waals surface area contributed by atoms with Crippen LogP contribution in [0.25, 0.3) is 0 Å². The lowest BCUT2D eigenvalue weighted by molar-refractivity contribution is 0.408. The Bertz CT molecular complexity index is 623. The van der Waals surface area contributed by atoms with Gasteiger partial charge in [-0.3, -0.25) is 4.79 Å². The van der Waals surface area contributed by atoms with Crippen molar-refractivity contribution in [3.63, 3.8) is 0 Å². The summed E-state index contributed by atoms with van der Waals surface area (Å²) in [6.07, 6.45) is 1.68. The van der Waals surface area contributed by atoms with Crippen LogP contribution >= 0.6 is 11.6 Å². The second kappa shape index (κ2) is 5.14. The Morgan fingerprint density at radius 2 is 2.17 bits per heavy atom. The first-order valence-corrected chi connectivity index (χ1v) is 5.77. The number of rotatable bonds is 3. The number of hydrogen-bond donors (Lipinski definition) is 1. The van der Waals surface area contributed by atoms with Crippen LogP contribution in [0.5, 0.6) is 5.75 Å². The maximum atomic E-state index is 11.8. The van der Waals surface area contributed by atoms with Gasteiger partial charge in [0.05, 0.1) is 19.3 Å². The number of aromatic nitrogens is 1. The molecule has 94 valence electrons. The molecule has 0 atom stereocenters. The molecule has 0 unspecified atom stereocenters. The third kappa shape index (κ3) is 2.49. The van der Waals surface area contributed by atoms with Crippen molar-refractivity contribution in [3.05, 3.63) is 57.5 Å². The van der Waals surface area contributed by atoms with Gasteiger partial charge in [-0.1, -0.05) is 11.6 Å². The highest BCUT2D eigenvalue weighted by atomic mass is 35.5. The minimum atomic E-state index is -0.223. The Hall–Kier alpha value is -1.94. The first-order chi connectivity index (χ1) is 8.61. The first-order valence-electron chi connectivity index (χ1n) is 5.39.